The lowest BCUT2D eigenvalue weighted by Crippen LogP contribution is -2.37. The fourth-order valence-electron chi connectivity index (χ4n) is 3.70. The van der Waals surface area contributed by atoms with Gasteiger partial charge in [-0.15, -0.1) is 0 Å². The topological polar surface area (TPSA) is 64.0 Å². The summed E-state index contributed by atoms with van der Waals surface area (Å²) in [4.78, 5) is 4.15. The summed E-state index contributed by atoms with van der Waals surface area (Å²) < 4.78 is 31.2. The number of methoxy groups -OCH3 is 2. The second kappa shape index (κ2) is 9.85. The number of benzene rings is 2. The predicted molar refractivity (Wildman–Crippen MR) is 116 cm³/mol. The highest BCUT2D eigenvalue weighted by Crippen LogP contribution is 2.32. The molecule has 2 aromatic carbocycles. The highest BCUT2D eigenvalue weighted by Gasteiger charge is 2.42. The zero-order valence-corrected chi connectivity index (χ0v) is 17.9. The fraction of sp³-hybridized carbons (Fsp3) is 0.375. The van der Waals surface area contributed by atoms with Crippen molar-refractivity contribution in [3.8, 4) is 17.2 Å². The maximum Gasteiger partial charge on any atom is 0.187 e. The second-order valence-electron chi connectivity index (χ2n) is 7.51. The predicted octanol–water partition coefficient (Wildman–Crippen LogP) is 3.72. The summed E-state index contributed by atoms with van der Waals surface area (Å²) in [7, 11) is 3.30. The van der Waals surface area contributed by atoms with Crippen molar-refractivity contribution < 1.29 is 23.7 Å². The number of rotatable bonds is 10. The molecule has 164 valence electrons. The van der Waals surface area contributed by atoms with E-state index in [0.717, 1.165) is 12.2 Å². The quantitative estimate of drug-likeness (QED) is 0.494. The maximum absolute atomic E-state index is 6.42. The first-order valence-corrected chi connectivity index (χ1v) is 10.4. The monoisotopic (exact) mass is 424 g/mol. The van der Waals surface area contributed by atoms with E-state index in [-0.39, 0.29) is 6.10 Å². The van der Waals surface area contributed by atoms with Crippen molar-refractivity contribution in [1.29, 1.82) is 0 Å². The van der Waals surface area contributed by atoms with Crippen molar-refractivity contribution in [3.05, 3.63) is 72.8 Å². The van der Waals surface area contributed by atoms with E-state index < -0.39 is 5.79 Å². The number of hydrogen-bond donors (Lipinski definition) is 0. The normalized spacial score (nSPS) is 20.5. The zero-order chi connectivity index (χ0) is 21.5. The Balaban J connectivity index is 1.41. The highest BCUT2D eigenvalue weighted by atomic mass is 16.8. The third kappa shape index (κ3) is 5.37. The van der Waals surface area contributed by atoms with Crippen molar-refractivity contribution in [1.82, 2.24) is 9.55 Å². The first-order chi connectivity index (χ1) is 15.2. The SMILES string of the molecule is COc1ccc(CCC2(Cn3ccnc3)OCC(COc3ccccc3OC)O2)cc1. The summed E-state index contributed by atoms with van der Waals surface area (Å²) in [5.41, 5.74) is 1.20. The van der Waals surface area contributed by atoms with E-state index in [1.54, 1.807) is 26.7 Å². The Morgan fingerprint density at radius 2 is 1.87 bits per heavy atom. The van der Waals surface area contributed by atoms with Gasteiger partial charge >= 0.3 is 0 Å². The maximum atomic E-state index is 6.42. The molecule has 31 heavy (non-hydrogen) atoms. The van der Waals surface area contributed by atoms with Crippen molar-refractivity contribution >= 4 is 0 Å². The van der Waals surface area contributed by atoms with Crippen LogP contribution in [-0.2, 0) is 22.4 Å². The van der Waals surface area contributed by atoms with Crippen LogP contribution >= 0.6 is 0 Å². The van der Waals surface area contributed by atoms with Gasteiger partial charge < -0.3 is 28.3 Å². The molecule has 1 aromatic heterocycles. The standard InChI is InChI=1S/C24H28N2O5/c1-27-20-9-7-19(8-10-20)11-12-24(17-26-14-13-25-18-26)30-16-21(31-24)15-29-23-6-4-3-5-22(23)28-2/h3-10,13-14,18,21H,11-12,15-17H2,1-2H3. The highest BCUT2D eigenvalue weighted by molar-refractivity contribution is 5.39. The van der Waals surface area contributed by atoms with Gasteiger partial charge in [-0.2, -0.15) is 0 Å². The van der Waals surface area contributed by atoms with Gasteiger partial charge in [-0.25, -0.2) is 4.98 Å². The first-order valence-electron chi connectivity index (χ1n) is 10.4. The Labute approximate surface area is 182 Å². The summed E-state index contributed by atoms with van der Waals surface area (Å²) in [5.74, 6) is 1.50. The smallest absolute Gasteiger partial charge is 0.187 e. The van der Waals surface area contributed by atoms with Crippen molar-refractivity contribution in [2.24, 2.45) is 0 Å². The van der Waals surface area contributed by atoms with Gasteiger partial charge in [-0.05, 0) is 36.2 Å². The molecule has 1 aliphatic rings. The first kappa shape index (κ1) is 21.2. The summed E-state index contributed by atoms with van der Waals surface area (Å²) in [6.07, 6.45) is 6.81. The molecule has 2 unspecified atom stereocenters. The molecule has 7 nitrogen and oxygen atoms in total. The van der Waals surface area contributed by atoms with Gasteiger partial charge in [0.25, 0.3) is 0 Å². The summed E-state index contributed by atoms with van der Waals surface area (Å²) in [6, 6.07) is 15.7. The summed E-state index contributed by atoms with van der Waals surface area (Å²) >= 11 is 0. The average Bonchev–Trinajstić information content (AvgIpc) is 3.47. The fourth-order valence-corrected chi connectivity index (χ4v) is 3.70. The van der Waals surface area contributed by atoms with Gasteiger partial charge in [0.1, 0.15) is 18.5 Å². The third-order valence-electron chi connectivity index (χ3n) is 5.34. The van der Waals surface area contributed by atoms with Gasteiger partial charge in [0.05, 0.1) is 33.7 Å². The molecule has 0 radical (unpaired) electrons. The minimum absolute atomic E-state index is 0.177. The lowest BCUT2D eigenvalue weighted by Gasteiger charge is -2.28. The van der Waals surface area contributed by atoms with Crippen LogP contribution in [0, 0.1) is 0 Å². The van der Waals surface area contributed by atoms with Gasteiger partial charge in [-0.1, -0.05) is 24.3 Å². The number of hydrogen-bond acceptors (Lipinski definition) is 6. The van der Waals surface area contributed by atoms with Crippen LogP contribution in [0.25, 0.3) is 0 Å². The molecule has 0 N–H and O–H groups in total. The number of imidazole rings is 1. The molecule has 2 atom stereocenters. The van der Waals surface area contributed by atoms with E-state index in [2.05, 4.69) is 17.1 Å². The van der Waals surface area contributed by atoms with Crippen LogP contribution in [-0.4, -0.2) is 48.9 Å². The number of nitrogens with zero attached hydrogens (tertiary/aromatic N) is 2. The number of aryl methyl sites for hydroxylation is 1. The van der Waals surface area contributed by atoms with E-state index in [1.807, 2.05) is 47.2 Å². The molecule has 0 bridgehead atoms. The molecule has 4 rings (SSSR count). The molecule has 0 spiro atoms. The molecular weight excluding hydrogens is 396 g/mol. The molecule has 3 aromatic rings. The van der Waals surface area contributed by atoms with Crippen molar-refractivity contribution in [3.63, 3.8) is 0 Å². The molecule has 0 amide bonds. The third-order valence-corrected chi connectivity index (χ3v) is 5.34. The summed E-state index contributed by atoms with van der Waals surface area (Å²) in [6.45, 7) is 1.41. The Hall–Kier alpha value is -3.03. The van der Waals surface area contributed by atoms with E-state index in [0.29, 0.717) is 37.7 Å². The average molecular weight is 424 g/mol. The Kier molecular flexibility index (Phi) is 6.74. The summed E-state index contributed by atoms with van der Waals surface area (Å²) in [5, 5.41) is 0. The van der Waals surface area contributed by atoms with Crippen LogP contribution < -0.4 is 14.2 Å². The molecule has 1 saturated heterocycles. The molecule has 7 heteroatoms. The Bertz CT molecular complexity index is 945. The van der Waals surface area contributed by atoms with Crippen LogP contribution in [0.4, 0.5) is 0 Å². The second-order valence-corrected chi connectivity index (χ2v) is 7.51. The number of ether oxygens (including phenoxy) is 5. The zero-order valence-electron chi connectivity index (χ0n) is 17.9. The lowest BCUT2D eigenvalue weighted by molar-refractivity contribution is -0.184. The van der Waals surface area contributed by atoms with Crippen LogP contribution in [0.15, 0.2) is 67.3 Å². The minimum atomic E-state index is -0.741. The van der Waals surface area contributed by atoms with Gasteiger partial charge in [0, 0.05) is 18.8 Å². The van der Waals surface area contributed by atoms with Gasteiger partial charge in [0.15, 0.2) is 17.3 Å². The van der Waals surface area contributed by atoms with E-state index in [9.17, 15) is 0 Å². The largest absolute Gasteiger partial charge is 0.497 e. The Morgan fingerprint density at radius 1 is 1.06 bits per heavy atom. The van der Waals surface area contributed by atoms with E-state index in [1.165, 1.54) is 5.56 Å². The van der Waals surface area contributed by atoms with Crippen LogP contribution in [0.5, 0.6) is 17.2 Å². The number of para-hydroxylation sites is 2. The van der Waals surface area contributed by atoms with E-state index in [4.69, 9.17) is 23.7 Å². The molecular formula is C24H28N2O5. The van der Waals surface area contributed by atoms with Crippen molar-refractivity contribution in [2.75, 3.05) is 27.4 Å². The van der Waals surface area contributed by atoms with Crippen LogP contribution in [0.2, 0.25) is 0 Å². The van der Waals surface area contributed by atoms with Gasteiger partial charge in [-0.3, -0.25) is 0 Å². The molecule has 1 fully saturated rings. The van der Waals surface area contributed by atoms with Crippen molar-refractivity contribution in [2.45, 2.75) is 31.3 Å². The lowest BCUT2D eigenvalue weighted by atomic mass is 10.0. The molecule has 0 aliphatic carbocycles. The van der Waals surface area contributed by atoms with E-state index >= 15 is 0 Å². The molecule has 0 saturated carbocycles. The minimum Gasteiger partial charge on any atom is -0.497 e. The van der Waals surface area contributed by atoms with Crippen LogP contribution in [0.3, 0.4) is 0 Å². The molecule has 1 aliphatic heterocycles. The van der Waals surface area contributed by atoms with Crippen LogP contribution in [0.1, 0.15) is 12.0 Å². The Morgan fingerprint density at radius 3 is 2.58 bits per heavy atom. The molecule has 2 heterocycles. The van der Waals surface area contributed by atoms with Gasteiger partial charge in [0.2, 0.25) is 0 Å². The number of aromatic nitrogens is 2.